The molecular weight excluding hydrogens is 324 g/mol. The van der Waals surface area contributed by atoms with Gasteiger partial charge in [0.2, 0.25) is 0 Å². The first-order valence-corrected chi connectivity index (χ1v) is 8.15. The monoisotopic (exact) mass is 340 g/mol. The fourth-order valence-electron chi connectivity index (χ4n) is 2.41. The number of esters is 1. The molecule has 0 N–H and O–H groups in total. The Morgan fingerprint density at radius 3 is 2.62 bits per heavy atom. The molecule has 3 aromatic rings. The van der Waals surface area contributed by atoms with E-state index in [0.717, 1.165) is 15.8 Å². The van der Waals surface area contributed by atoms with E-state index in [4.69, 9.17) is 4.74 Å². The molecular formula is C18H16N2O3S. The molecule has 122 valence electrons. The van der Waals surface area contributed by atoms with Crippen LogP contribution >= 0.6 is 11.3 Å². The summed E-state index contributed by atoms with van der Waals surface area (Å²) < 4.78 is 7.45. The summed E-state index contributed by atoms with van der Waals surface area (Å²) in [5.41, 5.74) is 2.95. The van der Waals surface area contributed by atoms with Gasteiger partial charge in [-0.25, -0.2) is 4.79 Å². The van der Waals surface area contributed by atoms with E-state index < -0.39 is 0 Å². The first-order chi connectivity index (χ1) is 11.5. The molecule has 24 heavy (non-hydrogen) atoms. The number of methoxy groups -OCH3 is 1. The molecule has 0 radical (unpaired) electrons. The van der Waals surface area contributed by atoms with Crippen molar-refractivity contribution in [3.8, 4) is 0 Å². The van der Waals surface area contributed by atoms with Crippen molar-refractivity contribution in [2.45, 2.75) is 6.92 Å². The quantitative estimate of drug-likeness (QED) is 0.674. The summed E-state index contributed by atoms with van der Waals surface area (Å²) in [5, 5.41) is 0. The highest BCUT2D eigenvalue weighted by atomic mass is 32.1. The van der Waals surface area contributed by atoms with Gasteiger partial charge in [0, 0.05) is 12.6 Å². The first-order valence-electron chi connectivity index (χ1n) is 7.33. The molecule has 2 aromatic carbocycles. The molecule has 1 heterocycles. The summed E-state index contributed by atoms with van der Waals surface area (Å²) in [6.45, 7) is 1.94. The van der Waals surface area contributed by atoms with E-state index in [0.29, 0.717) is 15.9 Å². The lowest BCUT2D eigenvalue weighted by Crippen LogP contribution is -2.13. The highest BCUT2D eigenvalue weighted by Crippen LogP contribution is 2.19. The lowest BCUT2D eigenvalue weighted by atomic mass is 10.1. The molecule has 0 bridgehead atoms. The molecule has 0 fully saturated rings. The lowest BCUT2D eigenvalue weighted by Gasteiger charge is -1.99. The number of hydrogen-bond acceptors (Lipinski definition) is 4. The fraction of sp³-hybridized carbons (Fsp3) is 0.167. The summed E-state index contributed by atoms with van der Waals surface area (Å²) in [6, 6.07) is 12.6. The molecule has 0 saturated carbocycles. The first kappa shape index (κ1) is 16.1. The van der Waals surface area contributed by atoms with Crippen molar-refractivity contribution in [3.63, 3.8) is 0 Å². The Bertz CT molecular complexity index is 1010. The van der Waals surface area contributed by atoms with E-state index >= 15 is 0 Å². The number of nitrogens with zero attached hydrogens (tertiary/aromatic N) is 2. The molecule has 0 aliphatic heterocycles. The topological polar surface area (TPSA) is 60.7 Å². The summed E-state index contributed by atoms with van der Waals surface area (Å²) in [7, 11) is 3.20. The van der Waals surface area contributed by atoms with Gasteiger partial charge in [0.05, 0.1) is 22.9 Å². The molecule has 1 amide bonds. The van der Waals surface area contributed by atoms with Crippen LogP contribution in [0.5, 0.6) is 0 Å². The maximum atomic E-state index is 12.4. The third-order valence-electron chi connectivity index (χ3n) is 3.69. The Labute approximate surface area is 142 Å². The third-order valence-corrected chi connectivity index (χ3v) is 4.79. The Morgan fingerprint density at radius 1 is 1.12 bits per heavy atom. The average Bonchev–Trinajstić information content (AvgIpc) is 2.89. The molecule has 0 unspecified atom stereocenters. The maximum Gasteiger partial charge on any atom is 0.337 e. The largest absolute Gasteiger partial charge is 0.465 e. The number of carbonyl (C=O) groups excluding carboxylic acids is 2. The number of amides is 1. The highest BCUT2D eigenvalue weighted by Gasteiger charge is 2.11. The molecule has 0 aliphatic rings. The molecule has 0 atom stereocenters. The minimum atomic E-state index is -0.387. The zero-order valence-corrected chi connectivity index (χ0v) is 14.4. The number of fused-ring (bicyclic) bond motifs is 1. The minimum absolute atomic E-state index is 0.283. The van der Waals surface area contributed by atoms with Crippen LogP contribution in [0.3, 0.4) is 0 Å². The summed E-state index contributed by atoms with van der Waals surface area (Å²) in [4.78, 5) is 28.8. The van der Waals surface area contributed by atoms with Crippen molar-refractivity contribution in [1.82, 2.24) is 4.57 Å². The zero-order valence-electron chi connectivity index (χ0n) is 13.6. The van der Waals surface area contributed by atoms with Crippen LogP contribution in [-0.2, 0) is 11.8 Å². The van der Waals surface area contributed by atoms with Crippen molar-refractivity contribution in [2.24, 2.45) is 12.0 Å². The molecule has 6 heteroatoms. The summed E-state index contributed by atoms with van der Waals surface area (Å²) >= 11 is 1.36. The van der Waals surface area contributed by atoms with E-state index in [1.165, 1.54) is 18.4 Å². The van der Waals surface area contributed by atoms with E-state index in [-0.39, 0.29) is 11.9 Å². The normalized spacial score (nSPS) is 11.7. The number of hydrogen-bond donors (Lipinski definition) is 0. The number of thiazole rings is 1. The van der Waals surface area contributed by atoms with Gasteiger partial charge in [0.15, 0.2) is 4.80 Å². The predicted molar refractivity (Wildman–Crippen MR) is 93.2 cm³/mol. The van der Waals surface area contributed by atoms with Gasteiger partial charge in [-0.1, -0.05) is 29.0 Å². The molecule has 5 nitrogen and oxygen atoms in total. The van der Waals surface area contributed by atoms with E-state index in [1.807, 2.05) is 42.8 Å². The van der Waals surface area contributed by atoms with Crippen LogP contribution in [0.25, 0.3) is 10.2 Å². The standard InChI is InChI=1S/C18H16N2O3S/c1-11-5-4-6-12(9-11)16(21)19-18-20(2)14-8-7-13(17(22)23-3)10-15(14)24-18/h4-10H,1-3H3. The van der Waals surface area contributed by atoms with E-state index in [9.17, 15) is 9.59 Å². The van der Waals surface area contributed by atoms with Crippen LogP contribution in [0.15, 0.2) is 47.5 Å². The van der Waals surface area contributed by atoms with Crippen LogP contribution in [-0.4, -0.2) is 23.6 Å². The van der Waals surface area contributed by atoms with E-state index in [1.54, 1.807) is 18.2 Å². The SMILES string of the molecule is COC(=O)c1ccc2c(c1)sc(=NC(=O)c1cccc(C)c1)n2C. The van der Waals surface area contributed by atoms with Gasteiger partial charge in [0.25, 0.3) is 5.91 Å². The summed E-state index contributed by atoms with van der Waals surface area (Å²) in [5.74, 6) is -0.670. The number of rotatable bonds is 2. The van der Waals surface area contributed by atoms with Crippen LogP contribution in [0.4, 0.5) is 0 Å². The zero-order chi connectivity index (χ0) is 17.3. The van der Waals surface area contributed by atoms with Crippen molar-refractivity contribution >= 4 is 33.4 Å². The Morgan fingerprint density at radius 2 is 1.92 bits per heavy atom. The average molecular weight is 340 g/mol. The third kappa shape index (κ3) is 3.00. The summed E-state index contributed by atoms with van der Waals surface area (Å²) in [6.07, 6.45) is 0. The van der Waals surface area contributed by atoms with Gasteiger partial charge in [-0.2, -0.15) is 4.99 Å². The van der Waals surface area contributed by atoms with Crippen molar-refractivity contribution in [1.29, 1.82) is 0 Å². The molecule has 0 aliphatic carbocycles. The van der Waals surface area contributed by atoms with Crippen LogP contribution < -0.4 is 4.80 Å². The number of carbonyl (C=O) groups is 2. The van der Waals surface area contributed by atoms with Crippen molar-refractivity contribution in [3.05, 3.63) is 64.0 Å². The van der Waals surface area contributed by atoms with Gasteiger partial charge in [-0.05, 0) is 37.3 Å². The van der Waals surface area contributed by atoms with Gasteiger partial charge in [-0.15, -0.1) is 0 Å². The van der Waals surface area contributed by atoms with Crippen LogP contribution in [0, 0.1) is 6.92 Å². The van der Waals surface area contributed by atoms with E-state index in [2.05, 4.69) is 4.99 Å². The number of benzene rings is 2. The van der Waals surface area contributed by atoms with Gasteiger partial charge in [0.1, 0.15) is 0 Å². The molecule has 1 aromatic heterocycles. The minimum Gasteiger partial charge on any atom is -0.465 e. The Balaban J connectivity index is 2.07. The molecule has 0 spiro atoms. The number of aryl methyl sites for hydroxylation is 2. The van der Waals surface area contributed by atoms with Crippen molar-refractivity contribution < 1.29 is 14.3 Å². The number of ether oxygens (including phenoxy) is 1. The second kappa shape index (κ2) is 6.41. The second-order valence-electron chi connectivity index (χ2n) is 5.40. The fourth-order valence-corrected chi connectivity index (χ4v) is 3.47. The van der Waals surface area contributed by atoms with Crippen LogP contribution in [0.1, 0.15) is 26.3 Å². The van der Waals surface area contributed by atoms with Gasteiger partial charge >= 0.3 is 5.97 Å². The maximum absolute atomic E-state index is 12.4. The van der Waals surface area contributed by atoms with Crippen molar-refractivity contribution in [2.75, 3.05) is 7.11 Å². The van der Waals surface area contributed by atoms with Gasteiger partial charge < -0.3 is 9.30 Å². The molecule has 0 saturated heterocycles. The van der Waals surface area contributed by atoms with Gasteiger partial charge in [-0.3, -0.25) is 4.79 Å². The lowest BCUT2D eigenvalue weighted by molar-refractivity contribution is 0.0601. The Kier molecular flexibility index (Phi) is 4.31. The Hall–Kier alpha value is -2.73. The molecule has 3 rings (SSSR count). The smallest absolute Gasteiger partial charge is 0.337 e. The second-order valence-corrected chi connectivity index (χ2v) is 6.41. The van der Waals surface area contributed by atoms with Crippen LogP contribution in [0.2, 0.25) is 0 Å². The number of aromatic nitrogens is 1. The predicted octanol–water partition coefficient (Wildman–Crippen LogP) is 3.08. The highest BCUT2D eigenvalue weighted by molar-refractivity contribution is 7.16.